The Labute approximate surface area is 139 Å². The number of hydrogen-bond donors (Lipinski definition) is 2. The van der Waals surface area contributed by atoms with Crippen LogP contribution in [0.15, 0.2) is 55.2 Å². The quantitative estimate of drug-likeness (QED) is 0.773. The summed E-state index contributed by atoms with van der Waals surface area (Å²) in [6, 6.07) is 11.1. The van der Waals surface area contributed by atoms with E-state index in [1.165, 1.54) is 17.3 Å². The van der Waals surface area contributed by atoms with Crippen LogP contribution >= 0.6 is 0 Å². The van der Waals surface area contributed by atoms with Crippen molar-refractivity contribution in [1.29, 1.82) is 0 Å². The zero-order valence-electron chi connectivity index (χ0n) is 13.5. The van der Waals surface area contributed by atoms with Crippen LogP contribution in [0.1, 0.15) is 24.1 Å². The highest BCUT2D eigenvalue weighted by Crippen LogP contribution is 2.18. The molecular weight excluding hydrogens is 304 g/mol. The van der Waals surface area contributed by atoms with E-state index in [0.717, 1.165) is 11.1 Å². The van der Waals surface area contributed by atoms with E-state index in [-0.39, 0.29) is 12.1 Å². The first kappa shape index (κ1) is 15.7. The Kier molecular flexibility index (Phi) is 4.51. The molecule has 0 aliphatic heterocycles. The first-order valence-electron chi connectivity index (χ1n) is 7.58. The standard InChI is InChI=1S/C17H18N6O/c1-12-6-3-4-7-14(12)13(2)21-17(24)22-15-8-5-9-19-16(15)23-11-18-10-20-23/h3-11,13H,1-2H3,(H2,21,22,24). The van der Waals surface area contributed by atoms with Crippen LogP contribution in [0.4, 0.5) is 10.5 Å². The molecule has 2 aromatic heterocycles. The van der Waals surface area contributed by atoms with Crippen LogP contribution in [-0.2, 0) is 0 Å². The van der Waals surface area contributed by atoms with Crippen molar-refractivity contribution < 1.29 is 4.79 Å². The maximum Gasteiger partial charge on any atom is 0.319 e. The molecule has 1 atom stereocenters. The van der Waals surface area contributed by atoms with Gasteiger partial charge in [0, 0.05) is 6.20 Å². The fraction of sp³-hybridized carbons (Fsp3) is 0.176. The number of hydrogen-bond acceptors (Lipinski definition) is 4. The van der Waals surface area contributed by atoms with Gasteiger partial charge in [0.15, 0.2) is 5.82 Å². The lowest BCUT2D eigenvalue weighted by Crippen LogP contribution is -2.32. The van der Waals surface area contributed by atoms with E-state index in [2.05, 4.69) is 25.7 Å². The lowest BCUT2D eigenvalue weighted by atomic mass is 10.0. The zero-order valence-corrected chi connectivity index (χ0v) is 13.5. The van der Waals surface area contributed by atoms with Crippen molar-refractivity contribution in [2.24, 2.45) is 0 Å². The second-order valence-electron chi connectivity index (χ2n) is 5.39. The number of urea groups is 1. The van der Waals surface area contributed by atoms with Crippen molar-refractivity contribution in [3.05, 3.63) is 66.4 Å². The lowest BCUT2D eigenvalue weighted by molar-refractivity contribution is 0.249. The van der Waals surface area contributed by atoms with Gasteiger partial charge in [-0.3, -0.25) is 0 Å². The number of nitrogens with one attached hydrogen (secondary N) is 2. The fourth-order valence-corrected chi connectivity index (χ4v) is 2.50. The SMILES string of the molecule is Cc1ccccc1C(C)NC(=O)Nc1cccnc1-n1cncn1. The summed E-state index contributed by atoms with van der Waals surface area (Å²) in [5.41, 5.74) is 2.77. The highest BCUT2D eigenvalue weighted by Gasteiger charge is 2.14. The van der Waals surface area contributed by atoms with Crippen LogP contribution in [0.2, 0.25) is 0 Å². The van der Waals surface area contributed by atoms with E-state index < -0.39 is 0 Å². The number of aromatic nitrogens is 4. The Bertz CT molecular complexity index is 831. The van der Waals surface area contributed by atoms with Crippen LogP contribution in [0.5, 0.6) is 0 Å². The van der Waals surface area contributed by atoms with Gasteiger partial charge >= 0.3 is 6.03 Å². The lowest BCUT2D eigenvalue weighted by Gasteiger charge is -2.17. The molecule has 0 aliphatic rings. The molecule has 0 spiro atoms. The Morgan fingerprint density at radius 3 is 2.79 bits per heavy atom. The van der Waals surface area contributed by atoms with Crippen LogP contribution in [-0.4, -0.2) is 25.8 Å². The number of carbonyl (C=O) groups is 1. The van der Waals surface area contributed by atoms with E-state index in [1.54, 1.807) is 18.3 Å². The van der Waals surface area contributed by atoms with Crippen molar-refractivity contribution in [1.82, 2.24) is 25.1 Å². The third-order valence-corrected chi connectivity index (χ3v) is 3.67. The second-order valence-corrected chi connectivity index (χ2v) is 5.39. The van der Waals surface area contributed by atoms with Gasteiger partial charge in [-0.15, -0.1) is 0 Å². The number of anilines is 1. The third kappa shape index (κ3) is 3.40. The molecular formula is C17H18N6O. The van der Waals surface area contributed by atoms with Crippen molar-refractivity contribution in [3.63, 3.8) is 0 Å². The van der Waals surface area contributed by atoms with Gasteiger partial charge < -0.3 is 10.6 Å². The smallest absolute Gasteiger partial charge is 0.319 e. The van der Waals surface area contributed by atoms with Crippen molar-refractivity contribution >= 4 is 11.7 Å². The van der Waals surface area contributed by atoms with Crippen molar-refractivity contribution in [3.8, 4) is 5.82 Å². The molecule has 24 heavy (non-hydrogen) atoms. The minimum Gasteiger partial charge on any atom is -0.331 e. The Morgan fingerprint density at radius 1 is 1.21 bits per heavy atom. The van der Waals surface area contributed by atoms with Crippen LogP contribution in [0.3, 0.4) is 0 Å². The molecule has 1 unspecified atom stereocenters. The van der Waals surface area contributed by atoms with Crippen LogP contribution < -0.4 is 10.6 Å². The number of carbonyl (C=O) groups excluding carboxylic acids is 1. The molecule has 0 saturated carbocycles. The highest BCUT2D eigenvalue weighted by molar-refractivity contribution is 5.91. The van der Waals surface area contributed by atoms with E-state index in [0.29, 0.717) is 11.5 Å². The van der Waals surface area contributed by atoms with Crippen LogP contribution in [0, 0.1) is 6.92 Å². The average molecular weight is 322 g/mol. The van der Waals surface area contributed by atoms with E-state index in [9.17, 15) is 4.79 Å². The Hall–Kier alpha value is -3.22. The molecule has 0 radical (unpaired) electrons. The normalized spacial score (nSPS) is 11.8. The number of nitrogens with zero attached hydrogens (tertiary/aromatic N) is 4. The first-order valence-corrected chi connectivity index (χ1v) is 7.58. The molecule has 1 aromatic carbocycles. The summed E-state index contributed by atoms with van der Waals surface area (Å²) in [5, 5.41) is 9.80. The average Bonchev–Trinajstić information content (AvgIpc) is 3.10. The molecule has 0 aliphatic carbocycles. The van der Waals surface area contributed by atoms with Gasteiger partial charge in [-0.25, -0.2) is 19.4 Å². The van der Waals surface area contributed by atoms with Crippen LogP contribution in [0.25, 0.3) is 5.82 Å². The number of aryl methyl sites for hydroxylation is 1. The van der Waals surface area contributed by atoms with E-state index >= 15 is 0 Å². The van der Waals surface area contributed by atoms with Gasteiger partial charge in [-0.1, -0.05) is 24.3 Å². The fourth-order valence-electron chi connectivity index (χ4n) is 2.50. The number of benzene rings is 1. The van der Waals surface area contributed by atoms with Gasteiger partial charge in [0.25, 0.3) is 0 Å². The topological polar surface area (TPSA) is 84.7 Å². The second kappa shape index (κ2) is 6.91. The summed E-state index contributed by atoms with van der Waals surface area (Å²) in [7, 11) is 0. The molecule has 3 aromatic rings. The molecule has 0 bridgehead atoms. The first-order chi connectivity index (χ1) is 11.6. The Balaban J connectivity index is 1.73. The number of pyridine rings is 1. The predicted octanol–water partition coefficient (Wildman–Crippen LogP) is 2.85. The summed E-state index contributed by atoms with van der Waals surface area (Å²) >= 11 is 0. The zero-order chi connectivity index (χ0) is 16.9. The van der Waals surface area contributed by atoms with Gasteiger partial charge in [-0.05, 0) is 37.1 Å². The molecule has 2 heterocycles. The predicted molar refractivity (Wildman–Crippen MR) is 90.9 cm³/mol. The largest absolute Gasteiger partial charge is 0.331 e. The van der Waals surface area contributed by atoms with Gasteiger partial charge in [0.1, 0.15) is 12.7 Å². The molecule has 7 nitrogen and oxygen atoms in total. The summed E-state index contributed by atoms with van der Waals surface area (Å²) in [6.45, 7) is 3.97. The minimum absolute atomic E-state index is 0.113. The maximum atomic E-state index is 12.3. The summed E-state index contributed by atoms with van der Waals surface area (Å²) in [5.74, 6) is 0.508. The Morgan fingerprint density at radius 2 is 2.04 bits per heavy atom. The monoisotopic (exact) mass is 322 g/mol. The van der Waals surface area contributed by atoms with Crippen molar-refractivity contribution in [2.75, 3.05) is 5.32 Å². The molecule has 0 saturated heterocycles. The molecule has 122 valence electrons. The van der Waals surface area contributed by atoms with Gasteiger partial charge in [-0.2, -0.15) is 5.10 Å². The summed E-state index contributed by atoms with van der Waals surface area (Å²) in [4.78, 5) is 20.5. The van der Waals surface area contributed by atoms with Crippen molar-refractivity contribution in [2.45, 2.75) is 19.9 Å². The third-order valence-electron chi connectivity index (χ3n) is 3.67. The molecule has 0 fully saturated rings. The summed E-state index contributed by atoms with van der Waals surface area (Å²) in [6.07, 6.45) is 4.58. The van der Waals surface area contributed by atoms with Gasteiger partial charge in [0.2, 0.25) is 0 Å². The van der Waals surface area contributed by atoms with E-state index in [1.807, 2.05) is 38.1 Å². The minimum atomic E-state index is -0.305. The maximum absolute atomic E-state index is 12.3. The number of amides is 2. The highest BCUT2D eigenvalue weighted by atomic mass is 16.2. The molecule has 2 N–H and O–H groups in total. The molecule has 2 amide bonds. The van der Waals surface area contributed by atoms with E-state index in [4.69, 9.17) is 0 Å². The summed E-state index contributed by atoms with van der Waals surface area (Å²) < 4.78 is 1.50. The van der Waals surface area contributed by atoms with Gasteiger partial charge in [0.05, 0.1) is 11.7 Å². The molecule has 7 heteroatoms. The number of rotatable bonds is 4. The molecule has 3 rings (SSSR count).